The van der Waals surface area contributed by atoms with Crippen LogP contribution in [0.5, 0.6) is 0 Å². The number of aryl methyl sites for hydroxylation is 1. The second kappa shape index (κ2) is 5.56. The Kier molecular flexibility index (Phi) is 4.01. The molecule has 0 unspecified atom stereocenters. The number of pyridine rings is 1. The van der Waals surface area contributed by atoms with Gasteiger partial charge < -0.3 is 5.11 Å². The maximum Gasteiger partial charge on any atom is 0.263 e. The first kappa shape index (κ1) is 14.4. The Morgan fingerprint density at radius 3 is 2.70 bits per heavy atom. The predicted molar refractivity (Wildman–Crippen MR) is 72.1 cm³/mol. The van der Waals surface area contributed by atoms with Crippen molar-refractivity contribution in [2.24, 2.45) is 0 Å². The number of anilines is 1. The Balaban J connectivity index is 2.43. The Bertz CT molecular complexity index is 732. The molecule has 0 atom stereocenters. The van der Waals surface area contributed by atoms with Crippen molar-refractivity contribution in [1.29, 1.82) is 0 Å². The van der Waals surface area contributed by atoms with Gasteiger partial charge in [0.15, 0.2) is 0 Å². The summed E-state index contributed by atoms with van der Waals surface area (Å²) in [7, 11) is -4.01. The van der Waals surface area contributed by atoms with Crippen LogP contribution in [-0.4, -0.2) is 18.5 Å². The van der Waals surface area contributed by atoms with Crippen LogP contribution in [0.1, 0.15) is 11.3 Å². The third kappa shape index (κ3) is 3.12. The quantitative estimate of drug-likeness (QED) is 0.902. The normalized spacial score (nSPS) is 11.3. The zero-order valence-electron chi connectivity index (χ0n) is 10.7. The van der Waals surface area contributed by atoms with Crippen LogP contribution in [0.3, 0.4) is 0 Å². The van der Waals surface area contributed by atoms with Crippen molar-refractivity contribution in [3.05, 3.63) is 53.5 Å². The molecule has 0 aliphatic carbocycles. The highest BCUT2D eigenvalue weighted by molar-refractivity contribution is 7.92. The van der Waals surface area contributed by atoms with Gasteiger partial charge in [-0.05, 0) is 36.8 Å². The SMILES string of the molecule is Cc1cccc(NS(=O)(=O)c2cc(F)ccc2CO)n1. The van der Waals surface area contributed by atoms with Crippen LogP contribution in [0.2, 0.25) is 0 Å². The van der Waals surface area contributed by atoms with Gasteiger partial charge in [0, 0.05) is 5.69 Å². The van der Waals surface area contributed by atoms with E-state index in [0.717, 1.165) is 12.1 Å². The number of rotatable bonds is 4. The van der Waals surface area contributed by atoms with Crippen LogP contribution in [0.25, 0.3) is 0 Å². The van der Waals surface area contributed by atoms with Crippen LogP contribution in [0, 0.1) is 12.7 Å². The first-order valence-electron chi connectivity index (χ1n) is 5.78. The zero-order chi connectivity index (χ0) is 14.8. The molecule has 0 saturated heterocycles. The second-order valence-corrected chi connectivity index (χ2v) is 5.83. The number of sulfonamides is 1. The second-order valence-electron chi connectivity index (χ2n) is 4.18. The Morgan fingerprint density at radius 2 is 2.05 bits per heavy atom. The van der Waals surface area contributed by atoms with Crippen molar-refractivity contribution in [3.63, 3.8) is 0 Å². The van der Waals surface area contributed by atoms with Crippen molar-refractivity contribution >= 4 is 15.8 Å². The maximum absolute atomic E-state index is 13.2. The standard InChI is InChI=1S/C13H13FN2O3S/c1-9-3-2-4-13(15-9)16-20(18,19)12-7-11(14)6-5-10(12)8-17/h2-7,17H,8H2,1H3,(H,15,16). The Labute approximate surface area is 116 Å². The average Bonchev–Trinajstić information content (AvgIpc) is 2.38. The van der Waals surface area contributed by atoms with Crippen molar-refractivity contribution in [2.75, 3.05) is 4.72 Å². The third-order valence-electron chi connectivity index (χ3n) is 2.62. The van der Waals surface area contributed by atoms with Crippen molar-refractivity contribution in [3.8, 4) is 0 Å². The minimum atomic E-state index is -4.01. The molecule has 20 heavy (non-hydrogen) atoms. The fourth-order valence-corrected chi connectivity index (χ4v) is 2.95. The first-order chi connectivity index (χ1) is 9.42. The molecule has 1 heterocycles. The summed E-state index contributed by atoms with van der Waals surface area (Å²) in [5.74, 6) is -0.557. The molecule has 2 rings (SSSR count). The molecule has 1 aromatic carbocycles. The number of benzene rings is 1. The third-order valence-corrected chi connectivity index (χ3v) is 4.05. The zero-order valence-corrected chi connectivity index (χ0v) is 11.5. The topological polar surface area (TPSA) is 79.3 Å². The lowest BCUT2D eigenvalue weighted by molar-refractivity contribution is 0.278. The van der Waals surface area contributed by atoms with Gasteiger partial charge in [-0.3, -0.25) is 4.72 Å². The smallest absolute Gasteiger partial charge is 0.263 e. The molecular weight excluding hydrogens is 283 g/mol. The van der Waals surface area contributed by atoms with Crippen LogP contribution >= 0.6 is 0 Å². The summed E-state index contributed by atoms with van der Waals surface area (Å²) >= 11 is 0. The fourth-order valence-electron chi connectivity index (χ4n) is 1.70. The molecule has 0 aliphatic rings. The van der Waals surface area contributed by atoms with Gasteiger partial charge in [-0.15, -0.1) is 0 Å². The monoisotopic (exact) mass is 296 g/mol. The summed E-state index contributed by atoms with van der Waals surface area (Å²) in [6.07, 6.45) is 0. The molecule has 0 aliphatic heterocycles. The number of nitrogens with zero attached hydrogens (tertiary/aromatic N) is 1. The van der Waals surface area contributed by atoms with E-state index in [1.54, 1.807) is 19.1 Å². The number of hydrogen-bond donors (Lipinski definition) is 2. The van der Waals surface area contributed by atoms with E-state index in [9.17, 15) is 12.8 Å². The number of halogens is 1. The molecule has 2 aromatic rings. The number of nitrogens with one attached hydrogen (secondary N) is 1. The summed E-state index contributed by atoms with van der Waals surface area (Å²) in [5, 5.41) is 9.15. The van der Waals surface area contributed by atoms with E-state index >= 15 is 0 Å². The van der Waals surface area contributed by atoms with Crippen molar-refractivity contribution in [1.82, 2.24) is 4.98 Å². The van der Waals surface area contributed by atoms with Crippen LogP contribution < -0.4 is 4.72 Å². The Hall–Kier alpha value is -1.99. The molecule has 0 radical (unpaired) electrons. The molecule has 7 heteroatoms. The van der Waals surface area contributed by atoms with E-state index in [1.807, 2.05) is 0 Å². The number of aliphatic hydroxyl groups excluding tert-OH is 1. The average molecular weight is 296 g/mol. The van der Waals surface area contributed by atoms with E-state index < -0.39 is 22.4 Å². The minimum absolute atomic E-state index is 0.117. The molecule has 0 amide bonds. The molecule has 106 valence electrons. The number of aromatic nitrogens is 1. The van der Waals surface area contributed by atoms with Crippen LogP contribution in [0.15, 0.2) is 41.3 Å². The lowest BCUT2D eigenvalue weighted by Crippen LogP contribution is -2.16. The number of hydrogen-bond acceptors (Lipinski definition) is 4. The molecule has 0 fully saturated rings. The van der Waals surface area contributed by atoms with Gasteiger partial charge >= 0.3 is 0 Å². The van der Waals surface area contributed by atoms with Gasteiger partial charge in [0.2, 0.25) is 0 Å². The predicted octanol–water partition coefficient (Wildman–Crippen LogP) is 1.82. The van der Waals surface area contributed by atoms with Gasteiger partial charge in [0.1, 0.15) is 11.6 Å². The molecule has 0 bridgehead atoms. The number of aliphatic hydroxyl groups is 1. The summed E-state index contributed by atoms with van der Waals surface area (Å²) in [4.78, 5) is 3.71. The molecule has 0 spiro atoms. The van der Waals surface area contributed by atoms with Gasteiger partial charge in [0.05, 0.1) is 11.5 Å². The summed E-state index contributed by atoms with van der Waals surface area (Å²) < 4.78 is 39.9. The molecular formula is C13H13FN2O3S. The minimum Gasteiger partial charge on any atom is -0.392 e. The summed E-state index contributed by atoms with van der Waals surface area (Å²) in [5.41, 5.74) is 0.762. The highest BCUT2D eigenvalue weighted by Gasteiger charge is 2.19. The van der Waals surface area contributed by atoms with E-state index in [-0.39, 0.29) is 16.3 Å². The van der Waals surface area contributed by atoms with Crippen LogP contribution in [0.4, 0.5) is 10.2 Å². The first-order valence-corrected chi connectivity index (χ1v) is 7.26. The van der Waals surface area contributed by atoms with E-state index in [1.165, 1.54) is 12.1 Å². The lowest BCUT2D eigenvalue weighted by Gasteiger charge is -2.11. The van der Waals surface area contributed by atoms with Crippen molar-refractivity contribution in [2.45, 2.75) is 18.4 Å². The van der Waals surface area contributed by atoms with E-state index in [0.29, 0.717) is 5.69 Å². The summed E-state index contributed by atoms with van der Waals surface area (Å²) in [6, 6.07) is 8.05. The van der Waals surface area contributed by atoms with E-state index in [2.05, 4.69) is 9.71 Å². The lowest BCUT2D eigenvalue weighted by atomic mass is 10.2. The Morgan fingerprint density at radius 1 is 1.30 bits per heavy atom. The molecule has 1 aromatic heterocycles. The highest BCUT2D eigenvalue weighted by Crippen LogP contribution is 2.20. The van der Waals surface area contributed by atoms with Gasteiger partial charge in [-0.1, -0.05) is 12.1 Å². The largest absolute Gasteiger partial charge is 0.392 e. The van der Waals surface area contributed by atoms with Gasteiger partial charge in [-0.25, -0.2) is 17.8 Å². The fraction of sp³-hybridized carbons (Fsp3) is 0.154. The molecule has 0 saturated carbocycles. The summed E-state index contributed by atoms with van der Waals surface area (Å²) in [6.45, 7) is 1.22. The molecule has 2 N–H and O–H groups in total. The van der Waals surface area contributed by atoms with Gasteiger partial charge in [0.25, 0.3) is 10.0 Å². The molecule has 5 nitrogen and oxygen atoms in total. The highest BCUT2D eigenvalue weighted by atomic mass is 32.2. The maximum atomic E-state index is 13.2. The van der Waals surface area contributed by atoms with Crippen molar-refractivity contribution < 1.29 is 17.9 Å². The van der Waals surface area contributed by atoms with Crippen LogP contribution in [-0.2, 0) is 16.6 Å². The van der Waals surface area contributed by atoms with Gasteiger partial charge in [-0.2, -0.15) is 0 Å². The van der Waals surface area contributed by atoms with E-state index in [4.69, 9.17) is 5.11 Å².